The second-order valence-corrected chi connectivity index (χ2v) is 8.83. The molecule has 0 amide bonds. The van der Waals surface area contributed by atoms with Crippen molar-refractivity contribution in [2.24, 2.45) is 10.3 Å². The number of hydrogen-bond donors (Lipinski definition) is 4. The number of phenols is 2. The van der Waals surface area contributed by atoms with E-state index in [9.17, 15) is 20.6 Å². The highest BCUT2D eigenvalue weighted by Crippen LogP contribution is 2.29. The van der Waals surface area contributed by atoms with Gasteiger partial charge in [0.05, 0.1) is 11.4 Å². The maximum atomic E-state index is 10.2. The molecular weight excluding hydrogens is 451 g/mol. The van der Waals surface area contributed by atoms with Gasteiger partial charge < -0.3 is 20.6 Å². The number of nitrogens with zero attached hydrogens (tertiary/aromatic N) is 2. The molecule has 0 aliphatic carbocycles. The standard InChI is InChI=1S/C24H30Cl2N2O4/c1-15-11-17(25)13-19(23(15)29)21(27-31)9-7-5-3-4-6-8-10-22(28-32)20-14-18(26)12-16(2)24(20)30/h11-14,29-32H,3-10H2,1-2H3/b27-21+,28-22+. The summed E-state index contributed by atoms with van der Waals surface area (Å²) in [6, 6.07) is 6.55. The van der Waals surface area contributed by atoms with Gasteiger partial charge >= 0.3 is 0 Å². The van der Waals surface area contributed by atoms with Crippen LogP contribution in [0.25, 0.3) is 0 Å². The summed E-state index contributed by atoms with van der Waals surface area (Å²) < 4.78 is 0. The van der Waals surface area contributed by atoms with Crippen LogP contribution in [0.1, 0.15) is 73.6 Å². The SMILES string of the molecule is Cc1cc(Cl)cc(/C(CCCCCCCC/C(=N\O)c2cc(Cl)cc(C)c2O)=N/O)c1O. The third-order valence-electron chi connectivity index (χ3n) is 5.47. The Bertz CT molecular complexity index is 911. The number of rotatable bonds is 11. The Kier molecular flexibility index (Phi) is 10.1. The minimum atomic E-state index is 0.0875. The number of aryl methyl sites for hydroxylation is 2. The first-order valence-corrected chi connectivity index (χ1v) is 11.4. The Hall–Kier alpha value is -2.44. The van der Waals surface area contributed by atoms with Crippen LogP contribution < -0.4 is 0 Å². The molecular formula is C24H30Cl2N2O4. The first-order valence-electron chi connectivity index (χ1n) is 10.7. The van der Waals surface area contributed by atoms with Gasteiger partial charge in [-0.1, -0.05) is 59.2 Å². The average Bonchev–Trinajstić information content (AvgIpc) is 2.75. The molecule has 0 aliphatic heterocycles. The largest absolute Gasteiger partial charge is 0.507 e. The summed E-state index contributed by atoms with van der Waals surface area (Å²) in [4.78, 5) is 0. The Morgan fingerprint density at radius 1 is 0.656 bits per heavy atom. The summed E-state index contributed by atoms with van der Waals surface area (Å²) in [7, 11) is 0. The first-order chi connectivity index (χ1) is 15.3. The van der Waals surface area contributed by atoms with Crippen LogP contribution in [0.4, 0.5) is 0 Å². The van der Waals surface area contributed by atoms with Crippen molar-refractivity contribution in [1.82, 2.24) is 0 Å². The van der Waals surface area contributed by atoms with E-state index in [0.717, 1.165) is 38.5 Å². The van der Waals surface area contributed by atoms with E-state index < -0.39 is 0 Å². The van der Waals surface area contributed by atoms with E-state index in [0.29, 0.717) is 56.6 Å². The molecule has 0 bridgehead atoms. The van der Waals surface area contributed by atoms with E-state index in [1.807, 2.05) is 0 Å². The van der Waals surface area contributed by atoms with E-state index in [1.165, 1.54) is 0 Å². The number of halogens is 2. The van der Waals surface area contributed by atoms with Crippen LogP contribution in [-0.2, 0) is 0 Å². The summed E-state index contributed by atoms with van der Waals surface area (Å²) in [6.07, 6.45) is 6.64. The van der Waals surface area contributed by atoms with Crippen molar-refractivity contribution in [2.45, 2.75) is 65.2 Å². The summed E-state index contributed by atoms with van der Waals surface area (Å²) in [5.74, 6) is 0.175. The van der Waals surface area contributed by atoms with Gasteiger partial charge in [-0.25, -0.2) is 0 Å². The molecule has 4 N–H and O–H groups in total. The number of phenolic OH excluding ortho intramolecular Hbond substituents is 2. The highest BCUT2D eigenvalue weighted by Gasteiger charge is 2.14. The van der Waals surface area contributed by atoms with Crippen molar-refractivity contribution in [3.8, 4) is 11.5 Å². The van der Waals surface area contributed by atoms with E-state index in [1.54, 1.807) is 38.1 Å². The molecule has 0 fully saturated rings. The Labute approximate surface area is 198 Å². The van der Waals surface area contributed by atoms with Gasteiger partial charge in [0.25, 0.3) is 0 Å². The minimum Gasteiger partial charge on any atom is -0.507 e. The van der Waals surface area contributed by atoms with Crippen molar-refractivity contribution in [1.29, 1.82) is 0 Å². The second kappa shape index (κ2) is 12.6. The highest BCUT2D eigenvalue weighted by atomic mass is 35.5. The van der Waals surface area contributed by atoms with Crippen molar-refractivity contribution in [2.75, 3.05) is 0 Å². The van der Waals surface area contributed by atoms with Crippen LogP contribution in [0.3, 0.4) is 0 Å². The minimum absolute atomic E-state index is 0.0875. The summed E-state index contributed by atoms with van der Waals surface area (Å²) in [5.41, 5.74) is 3.06. The van der Waals surface area contributed by atoms with Crippen molar-refractivity contribution < 1.29 is 20.6 Å². The number of hydrogen-bond acceptors (Lipinski definition) is 6. The molecule has 32 heavy (non-hydrogen) atoms. The first kappa shape index (κ1) is 25.8. The van der Waals surface area contributed by atoms with E-state index in [-0.39, 0.29) is 11.5 Å². The van der Waals surface area contributed by atoms with Crippen molar-refractivity contribution in [3.05, 3.63) is 56.6 Å². The van der Waals surface area contributed by atoms with Gasteiger partial charge in [0.15, 0.2) is 0 Å². The quantitative estimate of drug-likeness (QED) is 0.118. The molecule has 0 saturated heterocycles. The maximum absolute atomic E-state index is 10.2. The molecule has 2 rings (SSSR count). The maximum Gasteiger partial charge on any atom is 0.127 e. The van der Waals surface area contributed by atoms with Gasteiger partial charge in [-0.3, -0.25) is 0 Å². The highest BCUT2D eigenvalue weighted by molar-refractivity contribution is 6.31. The normalized spacial score (nSPS) is 12.4. The molecule has 2 aromatic rings. The Morgan fingerprint density at radius 2 is 1.00 bits per heavy atom. The molecule has 2 aromatic carbocycles. The Morgan fingerprint density at radius 3 is 1.34 bits per heavy atom. The van der Waals surface area contributed by atoms with Gasteiger partial charge in [0.2, 0.25) is 0 Å². The van der Waals surface area contributed by atoms with Gasteiger partial charge in [-0.05, 0) is 74.9 Å². The fourth-order valence-electron chi connectivity index (χ4n) is 3.68. The van der Waals surface area contributed by atoms with Crippen molar-refractivity contribution >= 4 is 34.6 Å². The number of benzene rings is 2. The van der Waals surface area contributed by atoms with E-state index in [2.05, 4.69) is 10.3 Å². The fourth-order valence-corrected chi connectivity index (χ4v) is 4.23. The predicted molar refractivity (Wildman–Crippen MR) is 129 cm³/mol. The lowest BCUT2D eigenvalue weighted by molar-refractivity contribution is 0.317. The molecule has 0 aromatic heterocycles. The smallest absolute Gasteiger partial charge is 0.127 e. The molecule has 0 atom stereocenters. The van der Waals surface area contributed by atoms with Crippen LogP contribution >= 0.6 is 23.2 Å². The lowest BCUT2D eigenvalue weighted by atomic mass is 9.98. The summed E-state index contributed by atoms with van der Waals surface area (Å²) in [6.45, 7) is 3.50. The van der Waals surface area contributed by atoms with Gasteiger partial charge in [0, 0.05) is 21.2 Å². The van der Waals surface area contributed by atoms with Crippen LogP contribution in [-0.4, -0.2) is 32.1 Å². The molecule has 0 radical (unpaired) electrons. The number of aromatic hydroxyl groups is 2. The second-order valence-electron chi connectivity index (χ2n) is 7.95. The van der Waals surface area contributed by atoms with Crippen LogP contribution in [0.15, 0.2) is 34.6 Å². The van der Waals surface area contributed by atoms with E-state index in [4.69, 9.17) is 23.2 Å². The third-order valence-corrected chi connectivity index (χ3v) is 5.91. The molecule has 0 aliphatic rings. The van der Waals surface area contributed by atoms with Crippen molar-refractivity contribution in [3.63, 3.8) is 0 Å². The fraction of sp³-hybridized carbons (Fsp3) is 0.417. The lowest BCUT2D eigenvalue weighted by Gasteiger charge is -2.10. The molecule has 0 spiro atoms. The predicted octanol–water partition coefficient (Wildman–Crippen LogP) is 7.20. The van der Waals surface area contributed by atoms with Gasteiger partial charge in [-0.15, -0.1) is 0 Å². The average molecular weight is 481 g/mol. The molecule has 174 valence electrons. The molecule has 8 heteroatoms. The Balaban J connectivity index is 1.74. The van der Waals surface area contributed by atoms with E-state index >= 15 is 0 Å². The summed E-state index contributed by atoms with van der Waals surface area (Å²) >= 11 is 12.1. The molecule has 0 saturated carbocycles. The molecule has 0 unspecified atom stereocenters. The number of oxime groups is 2. The molecule has 6 nitrogen and oxygen atoms in total. The zero-order chi connectivity index (χ0) is 23.7. The molecule has 0 heterocycles. The zero-order valence-corrected chi connectivity index (χ0v) is 19.9. The number of unbranched alkanes of at least 4 members (excludes halogenated alkanes) is 5. The third kappa shape index (κ3) is 7.04. The monoisotopic (exact) mass is 480 g/mol. The zero-order valence-electron chi connectivity index (χ0n) is 18.4. The van der Waals surface area contributed by atoms with Crippen LogP contribution in [0, 0.1) is 13.8 Å². The van der Waals surface area contributed by atoms with Crippen LogP contribution in [0.5, 0.6) is 11.5 Å². The van der Waals surface area contributed by atoms with Gasteiger partial charge in [-0.2, -0.15) is 0 Å². The topological polar surface area (TPSA) is 106 Å². The summed E-state index contributed by atoms with van der Waals surface area (Å²) in [5, 5.41) is 46.8. The lowest BCUT2D eigenvalue weighted by Crippen LogP contribution is -2.03. The van der Waals surface area contributed by atoms with Gasteiger partial charge in [0.1, 0.15) is 11.5 Å². The van der Waals surface area contributed by atoms with Crippen LogP contribution in [0.2, 0.25) is 10.0 Å².